The molecule has 766 valence electrons. The fourth-order valence-electron chi connectivity index (χ4n) is 16.5. The topological polar surface area (TPSA) is 360 Å². The van der Waals surface area contributed by atoms with Crippen molar-refractivity contribution in [2.24, 2.45) is 0 Å². The zero-order chi connectivity index (χ0) is 104. The molecular formula is C95H81Cl7F2I2N30O7S6. The number of H-pyrrole nitrogens is 6. The fraction of sp³-hybridized carbons (Fsp3) is 0.305. The van der Waals surface area contributed by atoms with Crippen LogP contribution in [0.3, 0.4) is 0 Å². The molecule has 12 aromatic heterocycles. The highest BCUT2D eigenvalue weighted by molar-refractivity contribution is 14.1. The summed E-state index contributed by atoms with van der Waals surface area (Å²) in [4.78, 5) is 66.1. The van der Waals surface area contributed by atoms with Crippen molar-refractivity contribution in [3.05, 3.63) is 222 Å². The molecule has 54 heteroatoms. The number of thiophene rings is 6. The van der Waals surface area contributed by atoms with Gasteiger partial charge >= 0.3 is 0 Å². The van der Waals surface area contributed by atoms with E-state index in [-0.39, 0.29) is 6.10 Å². The second kappa shape index (κ2) is 51.6. The standard InChI is InChI=1S/C19H17Cl2N5OS.2C18H14Cl2FN5OS.C18H16ClN5O2S.2C11H10IN5OS/c1-3-12-9-26(6-7-27-12)19-16(22-2)15(13-5-4-11(20)8-14(13)21)17(28-19)18-23-10-24-25-18;2*1-22-15-14(12-3-2-10(19)6-13(12)20)16(17-23-9-24-25-17)28-18(15)26-4-5-27-11(7-21)8-26;1-20-15-14(12-4-3-11(25-2)9-13(12)19)16(17-21-10-22-23-17)27-18(15)24-5-7-26-8-6-24;2*1-13-8-7(12)9(10-14-6-15-16-10)19-11(8)17-2-4-18-5-3-17/h4-5,8,10,12H,3,6-7,9H2,1H3,(H,23,24,25);2*2-3,6,9,11H,4-5,7-8H2,(H,23,24,25);3-4,9-10H,5-8H2,2H3,(H,21,22,23);2*6H,2-5H2,(H,14,15,16)/t;11-;;;;/m.0..../s1. The maximum atomic E-state index is 13.2. The van der Waals surface area contributed by atoms with Crippen molar-refractivity contribution in [1.82, 2.24) is 91.1 Å². The van der Waals surface area contributed by atoms with Crippen LogP contribution in [-0.4, -0.2) is 268 Å². The highest BCUT2D eigenvalue weighted by atomic mass is 127. The average Bonchev–Trinajstić information content (AvgIpc) is 1.61. The van der Waals surface area contributed by atoms with Gasteiger partial charge in [-0.3, -0.25) is 30.6 Å². The van der Waals surface area contributed by atoms with Crippen LogP contribution < -0.4 is 34.1 Å². The summed E-state index contributed by atoms with van der Waals surface area (Å²) in [5.41, 5.74) is 9.18. The number of rotatable bonds is 20. The molecule has 6 aliphatic rings. The molecular weight excluding hydrogens is 2410 g/mol. The van der Waals surface area contributed by atoms with Crippen molar-refractivity contribution in [2.45, 2.75) is 31.7 Å². The Morgan fingerprint density at radius 2 is 0.584 bits per heavy atom. The van der Waals surface area contributed by atoms with Crippen molar-refractivity contribution >= 4 is 259 Å². The highest BCUT2D eigenvalue weighted by Crippen LogP contribution is 2.60. The lowest BCUT2D eigenvalue weighted by atomic mass is 10.0. The Labute approximate surface area is 938 Å². The van der Waals surface area contributed by atoms with Crippen LogP contribution in [0, 0.1) is 46.6 Å². The molecule has 0 radical (unpaired) electrons. The summed E-state index contributed by atoms with van der Waals surface area (Å²) in [6.45, 7) is 60.9. The SMILES string of the molecule is [C-]#[N+]c1c(N2CCOC(CC)C2)sc(-c2ncn[nH]2)c1-c1ccc(Cl)cc1Cl.[C-]#[N+]c1c(N2CCOC(CF)C2)sc(-c2ncn[nH]2)c1-c1ccc(Cl)cc1Cl.[C-]#[N+]c1c(N2CCOCC2)sc(-c2ncn[nH]2)c1-c1ccc(OC)cc1Cl.[C-]#[N+]c1c(N2CCOCC2)sc(-c2ncn[nH]2)c1I.[C-]#[N+]c1c(N2CCOCC2)sc(-c2ncn[nH]2)c1I.[C-]#[N+]c1c(N2CCO[C@@H](CF)C2)sc(-c2ncn[nH]2)c1-c1ccc(Cl)cc1Cl. The third-order valence-corrected chi connectivity index (χ3v) is 35.8. The van der Waals surface area contributed by atoms with Crippen LogP contribution in [0.4, 0.5) is 72.9 Å². The molecule has 4 aromatic carbocycles. The summed E-state index contributed by atoms with van der Waals surface area (Å²) in [5.74, 6) is 4.42. The number of morpholine rings is 6. The van der Waals surface area contributed by atoms with E-state index >= 15 is 0 Å². The Morgan fingerprint density at radius 3 is 0.832 bits per heavy atom. The number of hydrogen-bond acceptors (Lipinski definition) is 31. The predicted octanol–water partition coefficient (Wildman–Crippen LogP) is 25.4. The summed E-state index contributed by atoms with van der Waals surface area (Å²) in [7, 11) is 1.59. The molecule has 2 unspecified atom stereocenters. The average molecular weight is 2490 g/mol. The molecule has 6 saturated heterocycles. The van der Waals surface area contributed by atoms with Gasteiger partial charge in [-0.1, -0.05) is 158 Å². The predicted molar refractivity (Wildman–Crippen MR) is 602 cm³/mol. The van der Waals surface area contributed by atoms with E-state index in [2.05, 4.69) is 192 Å². The molecule has 0 aliphatic carbocycles. The number of anilines is 6. The second-order valence-corrected chi connectivity index (χ2v) is 43.5. The van der Waals surface area contributed by atoms with Gasteiger partial charge in [-0.15, -0.1) is 68.0 Å². The first-order valence-electron chi connectivity index (χ1n) is 45.3. The molecule has 3 atom stereocenters. The van der Waals surface area contributed by atoms with E-state index in [0.29, 0.717) is 206 Å². The number of methoxy groups -OCH3 is 1. The van der Waals surface area contributed by atoms with E-state index in [1.165, 1.54) is 83.3 Å². The molecule has 0 spiro atoms. The molecule has 0 saturated carbocycles. The van der Waals surface area contributed by atoms with Gasteiger partial charge in [0.1, 0.15) is 69.3 Å². The lowest BCUT2D eigenvalue weighted by molar-refractivity contribution is 0.0249. The molecule has 0 amide bonds. The Bertz CT molecular complexity index is 7070. The van der Waals surface area contributed by atoms with Gasteiger partial charge in [-0.25, -0.2) is 67.8 Å². The number of ether oxygens (including phenoxy) is 7. The quantitative estimate of drug-likeness (QED) is 0.0305. The first-order chi connectivity index (χ1) is 72.7. The van der Waals surface area contributed by atoms with Gasteiger partial charge in [0.25, 0.3) is 0 Å². The van der Waals surface area contributed by atoms with Crippen LogP contribution in [-0.2, 0) is 28.4 Å². The number of alkyl halides is 2. The number of aromatic amines is 6. The third kappa shape index (κ3) is 24.7. The Morgan fingerprint density at radius 1 is 0.342 bits per heavy atom. The Hall–Kier alpha value is -11.4. The maximum absolute atomic E-state index is 13.2. The van der Waals surface area contributed by atoms with E-state index in [1.54, 1.807) is 84.4 Å². The molecule has 18 heterocycles. The van der Waals surface area contributed by atoms with Crippen molar-refractivity contribution in [1.29, 1.82) is 0 Å². The molecule has 6 aliphatic heterocycles. The summed E-state index contributed by atoms with van der Waals surface area (Å²) in [6.07, 6.45) is 8.78. The van der Waals surface area contributed by atoms with Gasteiger partial charge < -0.3 is 62.6 Å². The van der Waals surface area contributed by atoms with Gasteiger partial charge in [-0.05, 0) is 77.2 Å². The van der Waals surface area contributed by atoms with Crippen molar-refractivity contribution in [2.75, 3.05) is 188 Å². The summed E-state index contributed by atoms with van der Waals surface area (Å²) in [5, 5.41) is 49.6. The lowest BCUT2D eigenvalue weighted by Crippen LogP contribution is -2.43. The Balaban J connectivity index is 0.000000123. The van der Waals surface area contributed by atoms with Crippen LogP contribution in [0.2, 0.25) is 35.2 Å². The van der Waals surface area contributed by atoms with E-state index in [4.69, 9.17) is 154 Å². The summed E-state index contributed by atoms with van der Waals surface area (Å²) >= 11 is 57.6. The molecule has 149 heavy (non-hydrogen) atoms. The molecule has 6 N–H and O–H groups in total. The largest absolute Gasteiger partial charge is 0.497 e. The lowest BCUT2D eigenvalue weighted by Gasteiger charge is -2.33. The van der Waals surface area contributed by atoms with Gasteiger partial charge in [0.05, 0.1) is 176 Å². The van der Waals surface area contributed by atoms with Crippen molar-refractivity contribution in [3.63, 3.8) is 0 Å². The number of nitrogens with one attached hydrogen (secondary N) is 6. The maximum Gasteiger partial charge on any atom is 0.234 e. The first kappa shape index (κ1) is 109. The first-order valence-corrected chi connectivity index (χ1v) is 55.0. The highest BCUT2D eigenvalue weighted by Gasteiger charge is 2.37. The summed E-state index contributed by atoms with van der Waals surface area (Å²) < 4.78 is 66.3. The number of nitrogens with zero attached hydrogens (tertiary/aromatic N) is 24. The number of aromatic nitrogens is 18. The molecule has 37 nitrogen and oxygen atoms in total. The Kier molecular flexibility index (Phi) is 37.7. The third-order valence-electron chi connectivity index (χ3n) is 23.5. The van der Waals surface area contributed by atoms with Crippen LogP contribution in [0.5, 0.6) is 5.75 Å². The van der Waals surface area contributed by atoms with Crippen molar-refractivity contribution < 1.29 is 41.9 Å². The van der Waals surface area contributed by atoms with Crippen LogP contribution in [0.1, 0.15) is 13.3 Å². The van der Waals surface area contributed by atoms with E-state index < -0.39 is 25.6 Å². The minimum atomic E-state index is -0.569. The fourth-order valence-corrected chi connectivity index (χ4v) is 27.8. The molecule has 0 bridgehead atoms. The van der Waals surface area contributed by atoms with Gasteiger partial charge in [0.15, 0.2) is 34.9 Å². The number of benzene rings is 4. The number of halogens is 11. The van der Waals surface area contributed by atoms with E-state index in [0.717, 1.165) is 159 Å². The minimum Gasteiger partial charge on any atom is -0.497 e. The molecule has 6 fully saturated rings. The monoisotopic (exact) mass is 2480 g/mol. The zero-order valence-corrected chi connectivity index (χ0v) is 92.8. The van der Waals surface area contributed by atoms with Crippen LogP contribution >= 0.6 is 194 Å². The molecule has 16 aromatic rings. The van der Waals surface area contributed by atoms with Crippen LogP contribution in [0.25, 0.3) is 138 Å². The zero-order valence-electron chi connectivity index (χ0n) is 78.3. The van der Waals surface area contributed by atoms with Gasteiger partial charge in [0, 0.05) is 138 Å². The number of hydrogen-bond donors (Lipinski definition) is 6. The second-order valence-electron chi connectivity index (χ2n) is 32.4. The van der Waals surface area contributed by atoms with E-state index in [1.807, 2.05) is 28.0 Å². The van der Waals surface area contributed by atoms with Gasteiger partial charge in [-0.2, -0.15) is 30.6 Å². The van der Waals surface area contributed by atoms with Crippen molar-refractivity contribution in [3.8, 4) is 114 Å². The van der Waals surface area contributed by atoms with Gasteiger partial charge in [0.2, 0.25) is 34.1 Å². The van der Waals surface area contributed by atoms with Crippen LogP contribution in [0.15, 0.2) is 111 Å². The molecule has 22 rings (SSSR count). The smallest absolute Gasteiger partial charge is 0.234 e. The van der Waals surface area contributed by atoms with E-state index in [9.17, 15) is 8.78 Å². The summed E-state index contributed by atoms with van der Waals surface area (Å²) in [6, 6.07) is 21.1. The minimum absolute atomic E-state index is 0.158. The normalized spacial score (nSPS) is 16.1.